The van der Waals surface area contributed by atoms with Crippen LogP contribution in [-0.2, 0) is 0 Å². The molecule has 136 valence electrons. The van der Waals surface area contributed by atoms with Crippen LogP contribution in [0, 0.1) is 0 Å². The molecule has 0 atom stereocenters. The molecule has 0 heterocycles. The lowest BCUT2D eigenvalue weighted by Crippen LogP contribution is -2.29. The minimum Gasteiger partial charge on any atom is -0.395 e. The first-order chi connectivity index (χ1) is 12.3. The minimum atomic E-state index is 0.0756. The van der Waals surface area contributed by atoms with E-state index in [0.29, 0.717) is 13.1 Å². The van der Waals surface area contributed by atoms with Crippen LogP contribution >= 0.6 is 0 Å². The number of hydrogen-bond acceptors (Lipinski definition) is 4. The van der Waals surface area contributed by atoms with Gasteiger partial charge >= 0.3 is 0 Å². The van der Waals surface area contributed by atoms with Crippen molar-refractivity contribution in [3.05, 3.63) is 73.0 Å². The van der Waals surface area contributed by atoms with Crippen molar-refractivity contribution in [3.8, 4) is 0 Å². The first-order valence-corrected chi connectivity index (χ1v) is 8.71. The maximum Gasteiger partial charge on any atom is 0.0606 e. The predicted octanol–water partition coefficient (Wildman–Crippen LogP) is 3.12. The highest BCUT2D eigenvalue weighted by Crippen LogP contribution is 2.15. The molecule has 4 nitrogen and oxygen atoms in total. The summed E-state index contributed by atoms with van der Waals surface area (Å²) >= 11 is 0. The average Bonchev–Trinajstić information content (AvgIpc) is 2.64. The SMILES string of the molecule is C=CCCN/C=C\C=C/C/C=C/c1ccc(N(CCO)CCO)cc1. The highest BCUT2D eigenvalue weighted by Gasteiger charge is 2.04. The van der Waals surface area contributed by atoms with Gasteiger partial charge in [0.15, 0.2) is 0 Å². The summed E-state index contributed by atoms with van der Waals surface area (Å²) in [5.41, 5.74) is 2.14. The molecule has 0 bridgehead atoms. The fourth-order valence-corrected chi connectivity index (χ4v) is 2.24. The third-order valence-corrected chi connectivity index (χ3v) is 3.53. The van der Waals surface area contributed by atoms with Gasteiger partial charge in [0.1, 0.15) is 0 Å². The molecule has 0 saturated heterocycles. The number of anilines is 1. The van der Waals surface area contributed by atoms with Crippen LogP contribution in [0.1, 0.15) is 18.4 Å². The maximum absolute atomic E-state index is 9.08. The van der Waals surface area contributed by atoms with Crippen LogP contribution in [0.3, 0.4) is 0 Å². The first kappa shape index (κ1) is 20.7. The van der Waals surface area contributed by atoms with E-state index in [1.807, 2.05) is 53.6 Å². The molecule has 0 aromatic heterocycles. The lowest BCUT2D eigenvalue weighted by Gasteiger charge is -2.22. The minimum absolute atomic E-state index is 0.0756. The second-order valence-corrected chi connectivity index (χ2v) is 5.48. The Hall–Kier alpha value is -2.30. The van der Waals surface area contributed by atoms with Gasteiger partial charge in [-0.2, -0.15) is 0 Å². The van der Waals surface area contributed by atoms with Crippen LogP contribution < -0.4 is 10.2 Å². The van der Waals surface area contributed by atoms with Gasteiger partial charge in [0.05, 0.1) is 13.2 Å². The van der Waals surface area contributed by atoms with Crippen LogP contribution in [0.5, 0.6) is 0 Å². The topological polar surface area (TPSA) is 55.7 Å². The van der Waals surface area contributed by atoms with E-state index in [2.05, 4.69) is 30.1 Å². The van der Waals surface area contributed by atoms with Crippen LogP contribution in [0.25, 0.3) is 6.08 Å². The molecule has 0 aliphatic carbocycles. The average molecular weight is 342 g/mol. The van der Waals surface area contributed by atoms with Gasteiger partial charge in [0, 0.05) is 25.3 Å². The predicted molar refractivity (Wildman–Crippen MR) is 108 cm³/mol. The van der Waals surface area contributed by atoms with Crippen molar-refractivity contribution < 1.29 is 10.2 Å². The molecule has 3 N–H and O–H groups in total. The summed E-state index contributed by atoms with van der Waals surface area (Å²) in [5.74, 6) is 0. The number of rotatable bonds is 13. The summed E-state index contributed by atoms with van der Waals surface area (Å²) in [6.07, 6.45) is 16.0. The Balaban J connectivity index is 2.39. The van der Waals surface area contributed by atoms with E-state index in [1.54, 1.807) is 0 Å². The molecule has 0 radical (unpaired) electrons. The van der Waals surface area contributed by atoms with Crippen molar-refractivity contribution in [2.24, 2.45) is 0 Å². The number of benzene rings is 1. The standard InChI is InChI=1S/C21H30N2O2/c1-2-3-14-22-15-8-6-4-5-7-9-20-10-12-21(13-11-20)23(16-18-24)17-19-25/h2,4,6-13,15,22,24-25H,1,3,5,14,16-19H2/b6-4-,9-7+,15-8-. The fourth-order valence-electron chi connectivity index (χ4n) is 2.24. The normalized spacial score (nSPS) is 11.6. The largest absolute Gasteiger partial charge is 0.395 e. The zero-order valence-corrected chi connectivity index (χ0v) is 14.8. The third-order valence-electron chi connectivity index (χ3n) is 3.53. The maximum atomic E-state index is 9.08. The zero-order valence-electron chi connectivity index (χ0n) is 14.8. The van der Waals surface area contributed by atoms with Crippen molar-refractivity contribution >= 4 is 11.8 Å². The molecule has 0 aliphatic rings. The summed E-state index contributed by atoms with van der Waals surface area (Å²) in [4.78, 5) is 1.96. The fraction of sp³-hybridized carbons (Fsp3) is 0.333. The molecule has 4 heteroatoms. The zero-order chi connectivity index (χ0) is 18.2. The van der Waals surface area contributed by atoms with Crippen molar-refractivity contribution in [2.45, 2.75) is 12.8 Å². The molecule has 0 amide bonds. The van der Waals surface area contributed by atoms with Gasteiger partial charge in [-0.1, -0.05) is 42.5 Å². The third kappa shape index (κ3) is 9.55. The van der Waals surface area contributed by atoms with Gasteiger partial charge in [0.2, 0.25) is 0 Å². The summed E-state index contributed by atoms with van der Waals surface area (Å²) in [6.45, 7) is 5.79. The lowest BCUT2D eigenvalue weighted by atomic mass is 10.1. The summed E-state index contributed by atoms with van der Waals surface area (Å²) in [7, 11) is 0. The smallest absolute Gasteiger partial charge is 0.0606 e. The quantitative estimate of drug-likeness (QED) is 0.293. The van der Waals surface area contributed by atoms with Crippen LogP contribution in [0.2, 0.25) is 0 Å². The Morgan fingerprint density at radius 1 is 1.00 bits per heavy atom. The summed E-state index contributed by atoms with van der Waals surface area (Å²) in [6, 6.07) is 8.11. The van der Waals surface area contributed by atoms with E-state index >= 15 is 0 Å². The number of nitrogens with one attached hydrogen (secondary N) is 1. The molecular weight excluding hydrogens is 312 g/mol. The van der Waals surface area contributed by atoms with E-state index in [1.165, 1.54) is 0 Å². The van der Waals surface area contributed by atoms with Crippen molar-refractivity contribution in [2.75, 3.05) is 37.7 Å². The molecule has 0 saturated carbocycles. The van der Waals surface area contributed by atoms with Crippen LogP contribution in [0.4, 0.5) is 5.69 Å². The Labute approximate surface area is 151 Å². The molecule has 0 aliphatic heterocycles. The Bertz CT molecular complexity index is 542. The van der Waals surface area contributed by atoms with Crippen molar-refractivity contribution in [1.29, 1.82) is 0 Å². The van der Waals surface area contributed by atoms with E-state index in [9.17, 15) is 0 Å². The van der Waals surface area contributed by atoms with Gasteiger partial charge in [0.25, 0.3) is 0 Å². The summed E-state index contributed by atoms with van der Waals surface area (Å²) in [5, 5.41) is 21.3. The molecular formula is C21H30N2O2. The highest BCUT2D eigenvalue weighted by atomic mass is 16.3. The first-order valence-electron chi connectivity index (χ1n) is 8.71. The van der Waals surface area contributed by atoms with Gasteiger partial charge in [-0.3, -0.25) is 0 Å². The van der Waals surface area contributed by atoms with E-state index in [-0.39, 0.29) is 13.2 Å². The summed E-state index contributed by atoms with van der Waals surface area (Å²) < 4.78 is 0. The van der Waals surface area contributed by atoms with E-state index < -0.39 is 0 Å². The number of aliphatic hydroxyl groups excluding tert-OH is 2. The molecule has 1 aromatic rings. The van der Waals surface area contributed by atoms with Crippen LogP contribution in [-0.4, -0.2) is 43.1 Å². The second kappa shape index (κ2) is 14.1. The second-order valence-electron chi connectivity index (χ2n) is 5.48. The lowest BCUT2D eigenvalue weighted by molar-refractivity contribution is 0.281. The Kier molecular flexibility index (Phi) is 11.7. The van der Waals surface area contributed by atoms with Gasteiger partial charge in [-0.15, -0.1) is 6.58 Å². The van der Waals surface area contributed by atoms with E-state index in [0.717, 1.165) is 30.6 Å². The molecule has 0 spiro atoms. The molecule has 0 fully saturated rings. The Morgan fingerprint density at radius 2 is 1.72 bits per heavy atom. The number of allylic oxidation sites excluding steroid dienone is 4. The van der Waals surface area contributed by atoms with Crippen molar-refractivity contribution in [3.63, 3.8) is 0 Å². The number of nitrogens with zero attached hydrogens (tertiary/aromatic N) is 1. The molecule has 1 rings (SSSR count). The number of aliphatic hydroxyl groups is 2. The van der Waals surface area contributed by atoms with Gasteiger partial charge < -0.3 is 20.4 Å². The van der Waals surface area contributed by atoms with Crippen molar-refractivity contribution in [1.82, 2.24) is 5.32 Å². The van der Waals surface area contributed by atoms with Gasteiger partial charge in [-0.25, -0.2) is 0 Å². The number of hydrogen-bond donors (Lipinski definition) is 3. The Morgan fingerprint density at radius 3 is 2.36 bits per heavy atom. The molecule has 25 heavy (non-hydrogen) atoms. The van der Waals surface area contributed by atoms with Crippen LogP contribution in [0.15, 0.2) is 67.4 Å². The highest BCUT2D eigenvalue weighted by molar-refractivity contribution is 5.56. The van der Waals surface area contributed by atoms with E-state index in [4.69, 9.17) is 10.2 Å². The molecule has 0 unspecified atom stereocenters. The van der Waals surface area contributed by atoms with Gasteiger partial charge in [-0.05, 0) is 42.8 Å². The monoisotopic (exact) mass is 342 g/mol. The molecule has 1 aromatic carbocycles.